The molecule has 2 heterocycles. The van der Waals surface area contributed by atoms with Crippen molar-refractivity contribution in [1.82, 2.24) is 15.3 Å². The van der Waals surface area contributed by atoms with Gasteiger partial charge in [-0.25, -0.2) is 9.97 Å². The van der Waals surface area contributed by atoms with Crippen LogP contribution in [0.15, 0.2) is 54.7 Å². The number of nitrogens with zero attached hydrogens (tertiary/aromatic N) is 2. The van der Waals surface area contributed by atoms with Crippen molar-refractivity contribution >= 4 is 16.8 Å². The van der Waals surface area contributed by atoms with Crippen LogP contribution in [0.3, 0.4) is 0 Å². The van der Waals surface area contributed by atoms with Crippen molar-refractivity contribution in [1.29, 1.82) is 0 Å². The molecule has 0 aliphatic rings. The van der Waals surface area contributed by atoms with Crippen LogP contribution in [0, 0.1) is 0 Å². The molecule has 0 atom stereocenters. The molecule has 3 rings (SSSR count). The molecule has 1 amide bonds. The van der Waals surface area contributed by atoms with E-state index in [0.29, 0.717) is 11.1 Å². The average Bonchev–Trinajstić information content (AvgIpc) is 2.64. The molecule has 0 radical (unpaired) electrons. The molecule has 0 saturated carbocycles. The van der Waals surface area contributed by atoms with Crippen molar-refractivity contribution in [2.45, 2.75) is 12.7 Å². The van der Waals surface area contributed by atoms with Gasteiger partial charge in [0.25, 0.3) is 5.91 Å². The molecule has 0 bridgehead atoms. The van der Waals surface area contributed by atoms with Crippen LogP contribution in [0.4, 0.5) is 13.2 Å². The molecule has 134 valence electrons. The molecule has 26 heavy (non-hydrogen) atoms. The van der Waals surface area contributed by atoms with E-state index < -0.39 is 12.8 Å². The number of amides is 1. The van der Waals surface area contributed by atoms with Crippen LogP contribution in [-0.4, -0.2) is 28.7 Å². The number of alkyl halides is 3. The largest absolute Gasteiger partial charge is 0.468 e. The van der Waals surface area contributed by atoms with Crippen molar-refractivity contribution in [3.63, 3.8) is 0 Å². The lowest BCUT2D eigenvalue weighted by molar-refractivity contribution is -0.154. The molecule has 3 aromatic rings. The number of fused-ring (bicyclic) bond motifs is 1. The van der Waals surface area contributed by atoms with Crippen LogP contribution < -0.4 is 10.1 Å². The summed E-state index contributed by atoms with van der Waals surface area (Å²) in [5.41, 5.74) is 1.52. The van der Waals surface area contributed by atoms with Gasteiger partial charge in [0, 0.05) is 24.2 Å². The molecule has 2 aromatic heterocycles. The molecule has 0 saturated heterocycles. The fourth-order valence-corrected chi connectivity index (χ4v) is 2.26. The first kappa shape index (κ1) is 17.7. The Bertz CT molecular complexity index is 929. The van der Waals surface area contributed by atoms with Crippen LogP contribution >= 0.6 is 0 Å². The zero-order valence-electron chi connectivity index (χ0n) is 13.5. The fraction of sp³-hybridized carbons (Fsp3) is 0.167. The molecule has 1 aromatic carbocycles. The third-order valence-corrected chi connectivity index (χ3v) is 3.47. The molecule has 0 aliphatic heterocycles. The number of aromatic nitrogens is 2. The van der Waals surface area contributed by atoms with E-state index in [4.69, 9.17) is 0 Å². The summed E-state index contributed by atoms with van der Waals surface area (Å²) in [5, 5.41) is 3.59. The Balaban J connectivity index is 1.63. The van der Waals surface area contributed by atoms with Gasteiger partial charge in [-0.2, -0.15) is 13.2 Å². The Labute approximate surface area is 146 Å². The van der Waals surface area contributed by atoms with Crippen LogP contribution in [-0.2, 0) is 6.54 Å². The third kappa shape index (κ3) is 4.69. The topological polar surface area (TPSA) is 64.1 Å². The summed E-state index contributed by atoms with van der Waals surface area (Å²) in [4.78, 5) is 20.2. The maximum Gasteiger partial charge on any atom is 0.422 e. The Morgan fingerprint density at radius 1 is 1.12 bits per heavy atom. The van der Waals surface area contributed by atoms with Crippen LogP contribution in [0.1, 0.15) is 16.1 Å². The first-order valence-electron chi connectivity index (χ1n) is 7.69. The average molecular weight is 361 g/mol. The number of hydrogen-bond acceptors (Lipinski definition) is 4. The van der Waals surface area contributed by atoms with Crippen LogP contribution in [0.25, 0.3) is 10.9 Å². The van der Waals surface area contributed by atoms with Crippen molar-refractivity contribution < 1.29 is 22.7 Å². The zero-order chi connectivity index (χ0) is 18.6. The van der Waals surface area contributed by atoms with E-state index in [2.05, 4.69) is 20.0 Å². The standard InChI is InChI=1S/C18H14F3N3O2/c19-18(20,21)11-26-16-9-12(7-8-22-16)10-23-17(25)15-6-5-13-3-1-2-4-14(13)24-15/h1-9H,10-11H2,(H,23,25). The van der Waals surface area contributed by atoms with Crippen molar-refractivity contribution in [2.24, 2.45) is 0 Å². The number of ether oxygens (including phenoxy) is 1. The second-order valence-corrected chi connectivity index (χ2v) is 5.48. The van der Waals surface area contributed by atoms with Crippen molar-refractivity contribution in [3.8, 4) is 5.88 Å². The summed E-state index contributed by atoms with van der Waals surface area (Å²) in [6, 6.07) is 13.7. The van der Waals surface area contributed by atoms with Gasteiger partial charge < -0.3 is 10.1 Å². The van der Waals surface area contributed by atoms with Gasteiger partial charge in [0.05, 0.1) is 5.52 Å². The zero-order valence-corrected chi connectivity index (χ0v) is 13.5. The lowest BCUT2D eigenvalue weighted by Gasteiger charge is -2.10. The lowest BCUT2D eigenvalue weighted by Crippen LogP contribution is -2.24. The first-order valence-corrected chi connectivity index (χ1v) is 7.69. The van der Waals surface area contributed by atoms with Crippen molar-refractivity contribution in [2.75, 3.05) is 6.61 Å². The minimum atomic E-state index is -4.44. The molecule has 5 nitrogen and oxygen atoms in total. The minimum Gasteiger partial charge on any atom is -0.468 e. The number of para-hydroxylation sites is 1. The van der Waals surface area contributed by atoms with Crippen molar-refractivity contribution in [3.05, 3.63) is 66.0 Å². The monoisotopic (exact) mass is 361 g/mol. The number of rotatable bonds is 5. The highest BCUT2D eigenvalue weighted by Gasteiger charge is 2.28. The van der Waals surface area contributed by atoms with E-state index >= 15 is 0 Å². The normalized spacial score (nSPS) is 11.3. The van der Waals surface area contributed by atoms with Gasteiger partial charge in [0.2, 0.25) is 5.88 Å². The fourth-order valence-electron chi connectivity index (χ4n) is 2.26. The Morgan fingerprint density at radius 3 is 2.73 bits per heavy atom. The number of carbonyl (C=O) groups is 1. The molecule has 0 fully saturated rings. The van der Waals surface area contributed by atoms with Crippen LogP contribution in [0.2, 0.25) is 0 Å². The van der Waals surface area contributed by atoms with E-state index in [1.807, 2.05) is 18.2 Å². The van der Waals surface area contributed by atoms with Gasteiger partial charge in [-0.05, 0) is 23.8 Å². The second kappa shape index (κ2) is 7.38. The quantitative estimate of drug-likeness (QED) is 0.755. The smallest absolute Gasteiger partial charge is 0.422 e. The van der Waals surface area contributed by atoms with Gasteiger partial charge in [-0.15, -0.1) is 0 Å². The summed E-state index contributed by atoms with van der Waals surface area (Å²) in [6.45, 7) is -1.31. The van der Waals surface area contributed by atoms with Gasteiger partial charge in [0.15, 0.2) is 6.61 Å². The molecular weight excluding hydrogens is 347 g/mol. The van der Waals surface area contributed by atoms with Gasteiger partial charge in [0.1, 0.15) is 5.69 Å². The lowest BCUT2D eigenvalue weighted by atomic mass is 10.2. The highest BCUT2D eigenvalue weighted by Crippen LogP contribution is 2.17. The summed E-state index contributed by atoms with van der Waals surface area (Å²) < 4.78 is 41.1. The number of halogens is 3. The third-order valence-electron chi connectivity index (χ3n) is 3.47. The molecule has 8 heteroatoms. The van der Waals surface area contributed by atoms with E-state index in [0.717, 1.165) is 5.39 Å². The number of nitrogens with one attached hydrogen (secondary N) is 1. The van der Waals surface area contributed by atoms with E-state index in [1.54, 1.807) is 24.3 Å². The highest BCUT2D eigenvalue weighted by molar-refractivity contribution is 5.94. The van der Waals surface area contributed by atoms with Gasteiger partial charge in [-0.3, -0.25) is 4.79 Å². The SMILES string of the molecule is O=C(NCc1ccnc(OCC(F)(F)F)c1)c1ccc2ccccc2n1. The second-order valence-electron chi connectivity index (χ2n) is 5.48. The summed E-state index contributed by atoms with van der Waals surface area (Å²) in [5.74, 6) is -0.539. The van der Waals surface area contributed by atoms with Crippen LogP contribution in [0.5, 0.6) is 5.88 Å². The van der Waals surface area contributed by atoms with Gasteiger partial charge in [-0.1, -0.05) is 24.3 Å². The summed E-state index contributed by atoms with van der Waals surface area (Å²) in [7, 11) is 0. The highest BCUT2D eigenvalue weighted by atomic mass is 19.4. The Hall–Kier alpha value is -3.16. The van der Waals surface area contributed by atoms with E-state index in [-0.39, 0.29) is 24.0 Å². The summed E-state index contributed by atoms with van der Waals surface area (Å²) in [6.07, 6.45) is -3.12. The van der Waals surface area contributed by atoms with Gasteiger partial charge >= 0.3 is 6.18 Å². The summed E-state index contributed by atoms with van der Waals surface area (Å²) >= 11 is 0. The molecule has 0 unspecified atom stereocenters. The number of pyridine rings is 2. The number of hydrogen-bond donors (Lipinski definition) is 1. The number of benzene rings is 1. The molecule has 0 spiro atoms. The minimum absolute atomic E-state index is 0.109. The van der Waals surface area contributed by atoms with E-state index in [9.17, 15) is 18.0 Å². The maximum absolute atomic E-state index is 12.2. The first-order chi connectivity index (χ1) is 12.4. The predicted octanol–water partition coefficient (Wildman–Crippen LogP) is 3.50. The molecular formula is C18H14F3N3O2. The molecule has 1 N–H and O–H groups in total. The Morgan fingerprint density at radius 2 is 1.92 bits per heavy atom. The molecule has 0 aliphatic carbocycles. The number of carbonyl (C=O) groups excluding carboxylic acids is 1. The predicted molar refractivity (Wildman–Crippen MR) is 88.7 cm³/mol. The maximum atomic E-state index is 12.2. The Kier molecular flexibility index (Phi) is 5.01. The van der Waals surface area contributed by atoms with E-state index in [1.165, 1.54) is 12.3 Å².